The second-order valence-electron chi connectivity index (χ2n) is 5.07. The van der Waals surface area contributed by atoms with Crippen molar-refractivity contribution >= 4 is 31.9 Å². The molecule has 0 nitrogen and oxygen atoms in total. The Balaban J connectivity index is 1.95. The summed E-state index contributed by atoms with van der Waals surface area (Å²) in [5.74, 6) is 3.02. The van der Waals surface area contributed by atoms with Crippen LogP contribution >= 0.6 is 31.9 Å². The van der Waals surface area contributed by atoms with Gasteiger partial charge >= 0.3 is 0 Å². The van der Waals surface area contributed by atoms with Gasteiger partial charge in [-0.25, -0.2) is 0 Å². The molecule has 0 aromatic rings. The summed E-state index contributed by atoms with van der Waals surface area (Å²) >= 11 is 7.85. The summed E-state index contributed by atoms with van der Waals surface area (Å²) in [6.45, 7) is 0. The first-order valence-electron chi connectivity index (χ1n) is 4.99. The average Bonchev–Trinajstić information content (AvgIpc) is 1.96. The van der Waals surface area contributed by atoms with Gasteiger partial charge in [-0.1, -0.05) is 31.9 Å². The summed E-state index contributed by atoms with van der Waals surface area (Å²) in [6.07, 6.45) is 7.31. The van der Waals surface area contributed by atoms with Crippen LogP contribution in [0.1, 0.15) is 32.1 Å². The van der Waals surface area contributed by atoms with Gasteiger partial charge in [0.15, 0.2) is 0 Å². The molecule has 68 valence electrons. The molecule has 0 radical (unpaired) electrons. The second-order valence-corrected chi connectivity index (χ2v) is 7.80. The average molecular weight is 294 g/mol. The fraction of sp³-hybridized carbons (Fsp3) is 1.00. The number of hydrogen-bond donors (Lipinski definition) is 0. The molecule has 4 fully saturated rings. The maximum Gasteiger partial charge on any atom is 0.0266 e. The van der Waals surface area contributed by atoms with Crippen molar-refractivity contribution in [2.24, 2.45) is 17.8 Å². The van der Waals surface area contributed by atoms with Crippen LogP contribution in [0.25, 0.3) is 0 Å². The van der Waals surface area contributed by atoms with Gasteiger partial charge in [-0.05, 0) is 49.9 Å². The van der Waals surface area contributed by atoms with Crippen LogP contribution in [0.5, 0.6) is 0 Å². The molecule has 2 unspecified atom stereocenters. The van der Waals surface area contributed by atoms with Crippen LogP contribution in [0.3, 0.4) is 0 Å². The zero-order valence-corrected chi connectivity index (χ0v) is 10.3. The smallest absolute Gasteiger partial charge is 0.0266 e. The van der Waals surface area contributed by atoms with E-state index in [-0.39, 0.29) is 0 Å². The predicted octanol–water partition coefficient (Wildman–Crippen LogP) is 3.72. The first-order chi connectivity index (χ1) is 5.66. The Bertz CT molecular complexity index is 198. The molecule has 4 aliphatic carbocycles. The van der Waals surface area contributed by atoms with Crippen molar-refractivity contribution in [3.63, 3.8) is 0 Å². The molecule has 0 heterocycles. The van der Waals surface area contributed by atoms with Crippen molar-refractivity contribution in [2.75, 3.05) is 0 Å². The number of alkyl halides is 2. The molecule has 0 N–H and O–H groups in total. The van der Waals surface area contributed by atoms with E-state index in [2.05, 4.69) is 31.9 Å². The van der Waals surface area contributed by atoms with Crippen LogP contribution < -0.4 is 0 Å². The predicted molar refractivity (Wildman–Crippen MR) is 57.9 cm³/mol. The highest BCUT2D eigenvalue weighted by atomic mass is 79.9. The quantitative estimate of drug-likeness (QED) is 0.597. The van der Waals surface area contributed by atoms with E-state index in [0.717, 1.165) is 22.6 Å². The summed E-state index contributed by atoms with van der Waals surface area (Å²) in [7, 11) is 0. The Morgan fingerprint density at radius 3 is 2.08 bits per heavy atom. The molecule has 0 aromatic heterocycles. The molecular formula is C10H14Br2. The highest BCUT2D eigenvalue weighted by molar-refractivity contribution is 9.10. The number of halogens is 2. The summed E-state index contributed by atoms with van der Waals surface area (Å²) < 4.78 is 0.563. The van der Waals surface area contributed by atoms with E-state index in [0.29, 0.717) is 4.32 Å². The van der Waals surface area contributed by atoms with Gasteiger partial charge in [-0.2, -0.15) is 0 Å². The standard InChI is InChI=1S/C10H14Br2/c11-9-7-1-6-2-8(9)5-10(12,3-6)4-7/h6-9H,1-5H2. The summed E-state index contributed by atoms with van der Waals surface area (Å²) in [5.41, 5.74) is 0. The number of rotatable bonds is 0. The van der Waals surface area contributed by atoms with Crippen LogP contribution in [0.15, 0.2) is 0 Å². The molecule has 0 amide bonds. The number of hydrogen-bond acceptors (Lipinski definition) is 0. The Morgan fingerprint density at radius 2 is 1.58 bits per heavy atom. The fourth-order valence-corrected chi connectivity index (χ4v) is 5.96. The molecule has 0 aromatic carbocycles. The third-order valence-electron chi connectivity index (χ3n) is 4.08. The minimum Gasteiger partial charge on any atom is -0.0885 e. The zero-order chi connectivity index (χ0) is 8.34. The first kappa shape index (κ1) is 8.28. The van der Waals surface area contributed by atoms with Crippen LogP contribution in [0.4, 0.5) is 0 Å². The minimum atomic E-state index is 0.563. The molecule has 0 aliphatic heterocycles. The largest absolute Gasteiger partial charge is 0.0885 e. The molecule has 2 heteroatoms. The van der Waals surface area contributed by atoms with Crippen LogP contribution in [-0.4, -0.2) is 9.15 Å². The summed E-state index contributed by atoms with van der Waals surface area (Å²) in [5, 5.41) is 0. The van der Waals surface area contributed by atoms with Gasteiger partial charge in [0.05, 0.1) is 0 Å². The fourth-order valence-electron chi connectivity index (χ4n) is 3.86. The van der Waals surface area contributed by atoms with E-state index in [1.54, 1.807) is 0 Å². The minimum absolute atomic E-state index is 0.563. The van der Waals surface area contributed by atoms with E-state index in [1.807, 2.05) is 0 Å². The monoisotopic (exact) mass is 292 g/mol. The third kappa shape index (κ3) is 1.06. The Labute approximate surface area is 90.7 Å². The molecule has 4 bridgehead atoms. The summed E-state index contributed by atoms with van der Waals surface area (Å²) in [4.78, 5) is 0.847. The van der Waals surface area contributed by atoms with Crippen molar-refractivity contribution in [3.8, 4) is 0 Å². The highest BCUT2D eigenvalue weighted by Crippen LogP contribution is 2.60. The van der Waals surface area contributed by atoms with Gasteiger partial charge in [0.25, 0.3) is 0 Å². The first-order valence-corrected chi connectivity index (χ1v) is 6.70. The maximum atomic E-state index is 3.96. The van der Waals surface area contributed by atoms with E-state index in [4.69, 9.17) is 0 Å². The van der Waals surface area contributed by atoms with Gasteiger partial charge in [-0.15, -0.1) is 0 Å². The normalized spacial score (nSPS) is 62.5. The molecular weight excluding hydrogens is 280 g/mol. The van der Waals surface area contributed by atoms with Crippen molar-refractivity contribution in [1.82, 2.24) is 0 Å². The van der Waals surface area contributed by atoms with Crippen molar-refractivity contribution in [3.05, 3.63) is 0 Å². The van der Waals surface area contributed by atoms with Gasteiger partial charge in [0.2, 0.25) is 0 Å². The van der Waals surface area contributed by atoms with Crippen molar-refractivity contribution in [1.29, 1.82) is 0 Å². The lowest BCUT2D eigenvalue weighted by Crippen LogP contribution is -2.52. The van der Waals surface area contributed by atoms with Gasteiger partial charge in [0.1, 0.15) is 0 Å². The zero-order valence-electron chi connectivity index (χ0n) is 7.10. The van der Waals surface area contributed by atoms with E-state index >= 15 is 0 Å². The third-order valence-corrected chi connectivity index (χ3v) is 6.55. The van der Waals surface area contributed by atoms with Crippen LogP contribution in [0, 0.1) is 17.8 Å². The van der Waals surface area contributed by atoms with Gasteiger partial charge in [-0.3, -0.25) is 0 Å². The lowest BCUT2D eigenvalue weighted by atomic mass is 9.56. The summed E-state index contributed by atoms with van der Waals surface area (Å²) in [6, 6.07) is 0. The topological polar surface area (TPSA) is 0 Å². The molecule has 4 saturated carbocycles. The Hall–Kier alpha value is 0.960. The van der Waals surface area contributed by atoms with E-state index in [1.165, 1.54) is 32.1 Å². The Kier molecular flexibility index (Phi) is 1.73. The van der Waals surface area contributed by atoms with Gasteiger partial charge < -0.3 is 0 Å². The van der Waals surface area contributed by atoms with Crippen LogP contribution in [0.2, 0.25) is 0 Å². The lowest BCUT2D eigenvalue weighted by molar-refractivity contribution is 0.0509. The van der Waals surface area contributed by atoms with E-state index < -0.39 is 0 Å². The Morgan fingerprint density at radius 1 is 1.00 bits per heavy atom. The lowest BCUT2D eigenvalue weighted by Gasteiger charge is -2.56. The molecule has 4 aliphatic rings. The maximum absolute atomic E-state index is 3.96. The SMILES string of the molecule is BrC1C2CC3CC1CC(Br)(C3)C2. The van der Waals surface area contributed by atoms with Crippen molar-refractivity contribution in [2.45, 2.75) is 41.3 Å². The van der Waals surface area contributed by atoms with Gasteiger partial charge in [0, 0.05) is 9.15 Å². The molecule has 12 heavy (non-hydrogen) atoms. The van der Waals surface area contributed by atoms with E-state index in [9.17, 15) is 0 Å². The molecule has 2 atom stereocenters. The van der Waals surface area contributed by atoms with Crippen LogP contribution in [-0.2, 0) is 0 Å². The molecule has 0 saturated heterocycles. The highest BCUT2D eigenvalue weighted by Gasteiger charge is 2.53. The molecule has 4 rings (SSSR count). The van der Waals surface area contributed by atoms with Crippen molar-refractivity contribution < 1.29 is 0 Å². The molecule has 0 spiro atoms. The second kappa shape index (κ2) is 2.50.